The average Bonchev–Trinajstić information content (AvgIpc) is 3.42. The Morgan fingerprint density at radius 1 is 1.31 bits per heavy atom. The first kappa shape index (κ1) is 18.1. The van der Waals surface area contributed by atoms with E-state index in [2.05, 4.69) is 19.9 Å². The number of fused-ring (bicyclic) bond motifs is 1. The predicted molar refractivity (Wildman–Crippen MR) is 106 cm³/mol. The highest BCUT2D eigenvalue weighted by Gasteiger charge is 2.61. The highest BCUT2D eigenvalue weighted by molar-refractivity contribution is 5.96. The van der Waals surface area contributed by atoms with Gasteiger partial charge in [0.05, 0.1) is 17.4 Å². The van der Waals surface area contributed by atoms with Crippen molar-refractivity contribution < 1.29 is 9.21 Å². The highest BCUT2D eigenvalue weighted by atomic mass is 16.4. The molecule has 4 heterocycles. The predicted octanol–water partition coefficient (Wildman–Crippen LogP) is 2.92. The van der Waals surface area contributed by atoms with Gasteiger partial charge in [0.2, 0.25) is 11.8 Å². The number of amides is 1. The van der Waals surface area contributed by atoms with Crippen molar-refractivity contribution in [3.05, 3.63) is 47.2 Å². The number of carbonyl (C=O) groups excluding carboxylic acids is 1. The van der Waals surface area contributed by atoms with Gasteiger partial charge < -0.3 is 13.9 Å². The van der Waals surface area contributed by atoms with Crippen LogP contribution in [0.15, 0.2) is 22.9 Å². The number of hydrogen-bond acceptors (Lipinski definition) is 5. The van der Waals surface area contributed by atoms with Gasteiger partial charge in [0.1, 0.15) is 5.54 Å². The summed E-state index contributed by atoms with van der Waals surface area (Å²) >= 11 is 0. The van der Waals surface area contributed by atoms with E-state index in [1.54, 1.807) is 4.68 Å². The molecule has 1 amide bonds. The van der Waals surface area contributed by atoms with E-state index in [1.165, 1.54) is 0 Å². The van der Waals surface area contributed by atoms with E-state index in [0.717, 1.165) is 48.4 Å². The maximum Gasteiger partial charge on any atom is 0.256 e. The number of rotatable bonds is 4. The number of carbonyl (C=O) groups is 1. The van der Waals surface area contributed by atoms with Crippen LogP contribution in [-0.4, -0.2) is 41.9 Å². The Bertz CT molecular complexity index is 1090. The molecule has 152 valence electrons. The minimum Gasteiger partial charge on any atom is -0.423 e. The molecule has 3 aromatic rings. The van der Waals surface area contributed by atoms with Crippen molar-refractivity contribution in [2.24, 2.45) is 13.0 Å². The van der Waals surface area contributed by atoms with Crippen LogP contribution in [0.2, 0.25) is 0 Å². The van der Waals surface area contributed by atoms with Crippen molar-refractivity contribution in [1.29, 1.82) is 0 Å². The first-order chi connectivity index (χ1) is 14.0. The maximum atomic E-state index is 13.7. The molecule has 1 saturated heterocycles. The van der Waals surface area contributed by atoms with Crippen LogP contribution in [0.1, 0.15) is 59.7 Å². The molecule has 1 aliphatic heterocycles. The van der Waals surface area contributed by atoms with Gasteiger partial charge in [0.15, 0.2) is 0 Å². The van der Waals surface area contributed by atoms with Crippen LogP contribution in [-0.2, 0) is 19.0 Å². The average molecular weight is 394 g/mol. The fourth-order valence-electron chi connectivity index (χ4n) is 5.14. The summed E-state index contributed by atoms with van der Waals surface area (Å²) in [6, 6.07) is 1.98. The zero-order valence-electron chi connectivity index (χ0n) is 17.3. The monoisotopic (exact) mass is 394 g/mol. The van der Waals surface area contributed by atoms with Gasteiger partial charge in [-0.3, -0.25) is 9.48 Å². The van der Waals surface area contributed by atoms with Crippen molar-refractivity contribution in [3.63, 3.8) is 0 Å². The lowest BCUT2D eigenvalue weighted by molar-refractivity contribution is -0.00361. The van der Waals surface area contributed by atoms with Gasteiger partial charge in [-0.2, -0.15) is 5.10 Å². The van der Waals surface area contributed by atoms with Crippen molar-refractivity contribution in [2.45, 2.75) is 52.0 Å². The summed E-state index contributed by atoms with van der Waals surface area (Å²) in [5.74, 6) is 1.69. The minimum absolute atomic E-state index is 0.0479. The topological polar surface area (TPSA) is 82.0 Å². The summed E-state index contributed by atoms with van der Waals surface area (Å²) in [6.45, 7) is 6.74. The van der Waals surface area contributed by atoms with Crippen molar-refractivity contribution in [1.82, 2.24) is 29.4 Å². The molecular weight excluding hydrogens is 368 g/mol. The Morgan fingerprint density at radius 3 is 2.76 bits per heavy atom. The number of nitrogens with zero attached hydrogens (tertiary/aromatic N) is 6. The van der Waals surface area contributed by atoms with Gasteiger partial charge in [-0.25, -0.2) is 0 Å². The molecule has 5 rings (SSSR count). The van der Waals surface area contributed by atoms with Crippen LogP contribution in [0.4, 0.5) is 0 Å². The molecule has 8 nitrogen and oxygen atoms in total. The van der Waals surface area contributed by atoms with Crippen molar-refractivity contribution in [3.8, 4) is 5.69 Å². The first-order valence-corrected chi connectivity index (χ1v) is 10.3. The molecule has 2 aliphatic rings. The third-order valence-corrected chi connectivity index (χ3v) is 6.73. The number of hydrogen-bond donors (Lipinski definition) is 0. The van der Waals surface area contributed by atoms with Crippen LogP contribution in [0, 0.1) is 19.8 Å². The molecule has 1 saturated carbocycles. The van der Waals surface area contributed by atoms with Crippen LogP contribution in [0.25, 0.3) is 5.69 Å². The number of likely N-dealkylation sites (tertiary alicyclic amines) is 1. The van der Waals surface area contributed by atoms with E-state index >= 15 is 0 Å². The van der Waals surface area contributed by atoms with Gasteiger partial charge in [-0.15, -0.1) is 10.2 Å². The minimum atomic E-state index is -0.436. The standard InChI is InChI=1S/C21H26N6O2/c1-5-18-23-24-20(29-18)21-8-6-15(21)7-9-26(21)19(28)17-10-13(2)27(14(17)3)16-11-22-25(4)12-16/h10-12,15H,5-9H2,1-4H3/t15-,21-/m0/s1. The quantitative estimate of drug-likeness (QED) is 0.680. The molecule has 2 fully saturated rings. The smallest absolute Gasteiger partial charge is 0.256 e. The fraction of sp³-hybridized carbons (Fsp3) is 0.524. The third-order valence-electron chi connectivity index (χ3n) is 6.73. The number of aryl methyl sites for hydroxylation is 3. The Morgan fingerprint density at radius 2 is 2.14 bits per heavy atom. The number of aromatic nitrogens is 5. The largest absolute Gasteiger partial charge is 0.423 e. The van der Waals surface area contributed by atoms with Crippen LogP contribution < -0.4 is 0 Å². The van der Waals surface area contributed by atoms with E-state index in [9.17, 15) is 4.79 Å². The summed E-state index contributed by atoms with van der Waals surface area (Å²) in [5.41, 5.74) is 3.20. The molecule has 0 N–H and O–H groups in total. The van der Waals surface area contributed by atoms with Gasteiger partial charge in [0.25, 0.3) is 5.91 Å². The molecule has 2 atom stereocenters. The second-order valence-corrected chi connectivity index (χ2v) is 8.25. The molecule has 8 heteroatoms. The normalized spacial score (nSPS) is 23.3. The van der Waals surface area contributed by atoms with Crippen LogP contribution >= 0.6 is 0 Å². The molecule has 0 bridgehead atoms. The lowest BCUT2D eigenvalue weighted by atomic mass is 9.67. The molecule has 0 unspecified atom stereocenters. The molecular formula is C21H26N6O2. The zero-order chi connectivity index (χ0) is 20.3. The lowest BCUT2D eigenvalue weighted by Gasteiger charge is -2.47. The molecule has 3 aromatic heterocycles. The lowest BCUT2D eigenvalue weighted by Crippen LogP contribution is -2.54. The van der Waals surface area contributed by atoms with Gasteiger partial charge in [0, 0.05) is 37.6 Å². The second-order valence-electron chi connectivity index (χ2n) is 8.25. The van der Waals surface area contributed by atoms with Crippen LogP contribution in [0.5, 0.6) is 0 Å². The van der Waals surface area contributed by atoms with E-state index in [-0.39, 0.29) is 5.91 Å². The summed E-state index contributed by atoms with van der Waals surface area (Å²) < 4.78 is 9.81. The Hall–Kier alpha value is -2.90. The molecule has 0 aromatic carbocycles. The van der Waals surface area contributed by atoms with Crippen molar-refractivity contribution in [2.75, 3.05) is 6.54 Å². The summed E-state index contributed by atoms with van der Waals surface area (Å²) in [7, 11) is 1.89. The summed E-state index contributed by atoms with van der Waals surface area (Å²) in [5, 5.41) is 12.8. The Kier molecular flexibility index (Phi) is 3.94. The molecule has 0 radical (unpaired) electrons. The van der Waals surface area contributed by atoms with Crippen molar-refractivity contribution >= 4 is 5.91 Å². The first-order valence-electron chi connectivity index (χ1n) is 10.3. The summed E-state index contributed by atoms with van der Waals surface area (Å²) in [6.07, 6.45) is 7.44. The SMILES string of the molecule is CCc1nnc([C@]23CC[C@H]2CCN3C(=O)c2cc(C)n(-c3cnn(C)c3)c2C)o1. The van der Waals surface area contributed by atoms with Gasteiger partial charge in [-0.05, 0) is 45.1 Å². The van der Waals surface area contributed by atoms with E-state index < -0.39 is 5.54 Å². The van der Waals surface area contributed by atoms with Gasteiger partial charge >= 0.3 is 0 Å². The highest BCUT2D eigenvalue weighted by Crippen LogP contribution is 2.57. The van der Waals surface area contributed by atoms with E-state index in [4.69, 9.17) is 4.42 Å². The summed E-state index contributed by atoms with van der Waals surface area (Å²) in [4.78, 5) is 15.7. The van der Waals surface area contributed by atoms with Gasteiger partial charge in [-0.1, -0.05) is 6.92 Å². The molecule has 29 heavy (non-hydrogen) atoms. The molecule has 0 spiro atoms. The molecule has 1 aliphatic carbocycles. The second kappa shape index (κ2) is 6.30. The zero-order valence-corrected chi connectivity index (χ0v) is 17.3. The Labute approximate surface area is 169 Å². The Balaban J connectivity index is 1.54. The van der Waals surface area contributed by atoms with E-state index in [1.807, 2.05) is 51.2 Å². The maximum absolute atomic E-state index is 13.7. The van der Waals surface area contributed by atoms with Crippen LogP contribution in [0.3, 0.4) is 0 Å². The fourth-order valence-corrected chi connectivity index (χ4v) is 5.14. The van der Waals surface area contributed by atoms with E-state index in [0.29, 0.717) is 24.1 Å². The third kappa shape index (κ3) is 2.44.